The van der Waals surface area contributed by atoms with Crippen LogP contribution in [0.1, 0.15) is 44.0 Å². The highest BCUT2D eigenvalue weighted by Crippen LogP contribution is 2.38. The second kappa shape index (κ2) is 9.58. The molecule has 0 aliphatic carbocycles. The Bertz CT molecular complexity index is 775. The molecule has 1 aromatic carbocycles. The number of hydrogen-bond acceptors (Lipinski definition) is 7. The Balaban J connectivity index is 1.53. The minimum absolute atomic E-state index is 0.0173. The van der Waals surface area contributed by atoms with Gasteiger partial charge in [-0.25, -0.2) is 0 Å². The number of phenolic OH excluding ortho intramolecular Hbond substituents is 1. The number of benzene rings is 1. The fraction of sp³-hybridized carbons (Fsp3) is 0.609. The molecule has 7 heteroatoms. The first-order chi connectivity index (χ1) is 14.2. The molecule has 2 aliphatic heterocycles. The van der Waals surface area contributed by atoms with Gasteiger partial charge in [0.1, 0.15) is 11.9 Å². The predicted octanol–water partition coefficient (Wildman–Crippen LogP) is 1.82. The van der Waals surface area contributed by atoms with Crippen molar-refractivity contribution in [3.63, 3.8) is 0 Å². The highest BCUT2D eigenvalue weighted by Gasteiger charge is 2.48. The lowest BCUT2D eigenvalue weighted by molar-refractivity contribution is -0.165. The molecule has 0 aromatic heterocycles. The molecule has 2 saturated heterocycles. The van der Waals surface area contributed by atoms with E-state index in [1.165, 1.54) is 12.1 Å². The molecule has 30 heavy (non-hydrogen) atoms. The molecule has 0 bridgehead atoms. The lowest BCUT2D eigenvalue weighted by atomic mass is 9.85. The fourth-order valence-electron chi connectivity index (χ4n) is 4.07. The standard InChI is InChI=1S/C23H32O7/c1-12(8-18(26)16-6-4-5-7-17(16)25)9-19-22(28)21(27)15(11-29-19)10-20-23(30-20)13(2)14(3)24/h4-8,13-15,19-25,27-28H,9-11H2,1-3H3/b12-8+/t13-,14-,15-,19-,20-,21+,22-,23-/m0/s1. The predicted molar refractivity (Wildman–Crippen MR) is 110 cm³/mol. The Morgan fingerprint density at radius 2 is 1.90 bits per heavy atom. The number of carbonyl (C=O) groups excluding carboxylic acids is 1. The fourth-order valence-corrected chi connectivity index (χ4v) is 4.07. The number of ether oxygens (including phenoxy) is 2. The summed E-state index contributed by atoms with van der Waals surface area (Å²) in [5.74, 6) is -0.633. The van der Waals surface area contributed by atoms with Gasteiger partial charge in [-0.15, -0.1) is 0 Å². The first-order valence-electron chi connectivity index (χ1n) is 10.5. The van der Waals surface area contributed by atoms with Crippen LogP contribution in [0.2, 0.25) is 0 Å². The van der Waals surface area contributed by atoms with Crippen molar-refractivity contribution in [3.8, 4) is 5.75 Å². The first kappa shape index (κ1) is 22.9. The van der Waals surface area contributed by atoms with Gasteiger partial charge in [-0.1, -0.05) is 24.6 Å². The quantitative estimate of drug-likeness (QED) is 0.288. The van der Waals surface area contributed by atoms with Gasteiger partial charge in [0.15, 0.2) is 5.78 Å². The summed E-state index contributed by atoms with van der Waals surface area (Å²) in [4.78, 5) is 12.4. The molecule has 1 aromatic rings. The maximum absolute atomic E-state index is 12.4. The monoisotopic (exact) mass is 420 g/mol. The Hall–Kier alpha value is -1.77. The molecular formula is C23H32O7. The summed E-state index contributed by atoms with van der Waals surface area (Å²) in [7, 11) is 0. The van der Waals surface area contributed by atoms with E-state index in [-0.39, 0.29) is 41.1 Å². The number of epoxide rings is 1. The van der Waals surface area contributed by atoms with Crippen molar-refractivity contribution in [2.45, 2.75) is 70.2 Å². The summed E-state index contributed by atoms with van der Waals surface area (Å²) in [6.45, 7) is 5.71. The summed E-state index contributed by atoms with van der Waals surface area (Å²) in [5, 5.41) is 40.6. The number of phenols is 1. The van der Waals surface area contributed by atoms with Crippen LogP contribution in [0.15, 0.2) is 35.9 Å². The molecule has 4 N–H and O–H groups in total. The third-order valence-electron chi connectivity index (χ3n) is 6.24. The van der Waals surface area contributed by atoms with Crippen LogP contribution in [0.5, 0.6) is 5.75 Å². The van der Waals surface area contributed by atoms with Gasteiger partial charge in [0.25, 0.3) is 0 Å². The molecule has 2 heterocycles. The number of hydrogen-bond donors (Lipinski definition) is 4. The molecule has 0 unspecified atom stereocenters. The van der Waals surface area contributed by atoms with E-state index < -0.39 is 24.4 Å². The smallest absolute Gasteiger partial charge is 0.189 e. The van der Waals surface area contributed by atoms with Gasteiger partial charge in [0.2, 0.25) is 0 Å². The van der Waals surface area contributed by atoms with Gasteiger partial charge in [-0.2, -0.15) is 0 Å². The molecular weight excluding hydrogens is 388 g/mol. The molecule has 2 fully saturated rings. The van der Waals surface area contributed by atoms with E-state index >= 15 is 0 Å². The molecule has 3 rings (SSSR count). The van der Waals surface area contributed by atoms with Gasteiger partial charge in [0, 0.05) is 11.8 Å². The third kappa shape index (κ3) is 5.28. The molecule has 0 saturated carbocycles. The summed E-state index contributed by atoms with van der Waals surface area (Å²) >= 11 is 0. The Morgan fingerprint density at radius 3 is 2.57 bits per heavy atom. The van der Waals surface area contributed by atoms with Crippen LogP contribution in [-0.2, 0) is 9.47 Å². The van der Waals surface area contributed by atoms with Gasteiger partial charge >= 0.3 is 0 Å². The second-order valence-electron chi connectivity index (χ2n) is 8.66. The molecule has 166 valence electrons. The lowest BCUT2D eigenvalue weighted by Crippen LogP contribution is -2.50. The summed E-state index contributed by atoms with van der Waals surface area (Å²) < 4.78 is 11.4. The highest BCUT2D eigenvalue weighted by atomic mass is 16.6. The van der Waals surface area contributed by atoms with Crippen LogP contribution in [0.4, 0.5) is 0 Å². The third-order valence-corrected chi connectivity index (χ3v) is 6.24. The lowest BCUT2D eigenvalue weighted by Gasteiger charge is -2.38. The summed E-state index contributed by atoms with van der Waals surface area (Å²) in [5.41, 5.74) is 0.904. The zero-order chi connectivity index (χ0) is 22.0. The van der Waals surface area contributed by atoms with Crippen LogP contribution >= 0.6 is 0 Å². The van der Waals surface area contributed by atoms with Crippen molar-refractivity contribution >= 4 is 5.78 Å². The summed E-state index contributed by atoms with van der Waals surface area (Å²) in [6, 6.07) is 6.33. The zero-order valence-corrected chi connectivity index (χ0v) is 17.6. The molecule has 0 amide bonds. The normalized spacial score (nSPS) is 33.7. The summed E-state index contributed by atoms with van der Waals surface area (Å²) in [6.07, 6.45) is -0.884. The van der Waals surface area contributed by atoms with Crippen LogP contribution in [0.3, 0.4) is 0 Å². The topological polar surface area (TPSA) is 120 Å². The zero-order valence-electron chi connectivity index (χ0n) is 17.6. The van der Waals surface area contributed by atoms with Crippen molar-refractivity contribution in [1.82, 2.24) is 0 Å². The number of ketones is 1. The maximum Gasteiger partial charge on any atom is 0.189 e. The van der Waals surface area contributed by atoms with Gasteiger partial charge in [-0.05, 0) is 44.9 Å². The minimum Gasteiger partial charge on any atom is -0.507 e. The number of carbonyl (C=O) groups is 1. The Labute approximate surface area is 176 Å². The average molecular weight is 421 g/mol. The molecule has 0 spiro atoms. The number of rotatable bonds is 8. The molecule has 8 atom stereocenters. The number of aliphatic hydroxyl groups is 3. The van der Waals surface area contributed by atoms with E-state index in [0.29, 0.717) is 25.0 Å². The van der Waals surface area contributed by atoms with Gasteiger partial charge < -0.3 is 29.9 Å². The van der Waals surface area contributed by atoms with Crippen molar-refractivity contribution in [3.05, 3.63) is 41.5 Å². The van der Waals surface area contributed by atoms with Gasteiger partial charge in [0.05, 0.1) is 42.7 Å². The number of allylic oxidation sites excluding steroid dienone is 1. The van der Waals surface area contributed by atoms with Crippen molar-refractivity contribution in [2.75, 3.05) is 6.61 Å². The van der Waals surface area contributed by atoms with Gasteiger partial charge in [-0.3, -0.25) is 4.79 Å². The minimum atomic E-state index is -1.07. The second-order valence-corrected chi connectivity index (χ2v) is 8.66. The highest BCUT2D eigenvalue weighted by molar-refractivity contribution is 6.06. The van der Waals surface area contributed by atoms with Crippen LogP contribution in [0, 0.1) is 11.8 Å². The number of para-hydroxylation sites is 1. The van der Waals surface area contributed by atoms with E-state index in [0.717, 1.165) is 0 Å². The van der Waals surface area contributed by atoms with Crippen molar-refractivity contribution < 1.29 is 34.7 Å². The van der Waals surface area contributed by atoms with Crippen LogP contribution in [0.25, 0.3) is 0 Å². The van der Waals surface area contributed by atoms with E-state index in [2.05, 4.69) is 0 Å². The Morgan fingerprint density at radius 1 is 1.20 bits per heavy atom. The van der Waals surface area contributed by atoms with E-state index in [1.807, 2.05) is 6.92 Å². The largest absolute Gasteiger partial charge is 0.507 e. The van der Waals surface area contributed by atoms with Crippen LogP contribution < -0.4 is 0 Å². The first-order valence-corrected chi connectivity index (χ1v) is 10.5. The Kier molecular flexibility index (Phi) is 7.31. The number of aromatic hydroxyl groups is 1. The average Bonchev–Trinajstić information content (AvgIpc) is 3.46. The maximum atomic E-state index is 12.4. The van der Waals surface area contributed by atoms with E-state index in [1.54, 1.807) is 32.0 Å². The number of aliphatic hydroxyl groups excluding tert-OH is 3. The van der Waals surface area contributed by atoms with Crippen LogP contribution in [-0.4, -0.2) is 69.4 Å². The van der Waals surface area contributed by atoms with E-state index in [9.17, 15) is 25.2 Å². The van der Waals surface area contributed by atoms with Crippen molar-refractivity contribution in [1.29, 1.82) is 0 Å². The van der Waals surface area contributed by atoms with Crippen molar-refractivity contribution in [2.24, 2.45) is 11.8 Å². The molecule has 0 radical (unpaired) electrons. The SMILES string of the molecule is C/C(=C\C(=O)c1ccccc1O)C[C@@H]1OC[C@H](C[C@@H]2O[C@H]2[C@@H](C)[C@H](C)O)[C@@H](O)[C@H]1O. The molecule has 7 nitrogen and oxygen atoms in total. The van der Waals surface area contributed by atoms with E-state index in [4.69, 9.17) is 9.47 Å². The molecule has 2 aliphatic rings.